The summed E-state index contributed by atoms with van der Waals surface area (Å²) in [6.07, 6.45) is 2.57. The Morgan fingerprint density at radius 3 is 2.41 bits per heavy atom. The Hall–Kier alpha value is -3.71. The first-order chi connectivity index (χ1) is 17.4. The standard InChI is InChI=1S/C29H32ClN3O4/c1-7-19-16-31-18(2)13-23(19)20-9-8-10-21(14-20)29(6,17-34)26(35)32-25-15-22(30)11-12-24(25)33-27(36)37-28(3,4)5/h8-17H,7H2,1-6H3,(H,32,35)(H,33,36). The predicted molar refractivity (Wildman–Crippen MR) is 147 cm³/mol. The zero-order chi connectivity index (χ0) is 27.4. The molecule has 7 nitrogen and oxygen atoms in total. The lowest BCUT2D eigenvalue weighted by atomic mass is 9.81. The summed E-state index contributed by atoms with van der Waals surface area (Å²) in [5, 5.41) is 5.74. The number of aryl methyl sites for hydroxylation is 2. The third-order valence-electron chi connectivity index (χ3n) is 5.85. The third-order valence-corrected chi connectivity index (χ3v) is 6.09. The lowest BCUT2D eigenvalue weighted by molar-refractivity contribution is -0.126. The predicted octanol–water partition coefficient (Wildman–Crippen LogP) is 6.72. The number of hydrogen-bond donors (Lipinski definition) is 2. The molecule has 0 radical (unpaired) electrons. The Kier molecular flexibility index (Phi) is 8.39. The van der Waals surface area contributed by atoms with E-state index in [2.05, 4.69) is 22.5 Å². The molecule has 1 heterocycles. The highest BCUT2D eigenvalue weighted by molar-refractivity contribution is 6.31. The van der Waals surface area contributed by atoms with Gasteiger partial charge in [0.05, 0.1) is 11.4 Å². The van der Waals surface area contributed by atoms with Gasteiger partial charge in [-0.15, -0.1) is 0 Å². The first-order valence-electron chi connectivity index (χ1n) is 12.0. The van der Waals surface area contributed by atoms with E-state index in [0.29, 0.717) is 16.9 Å². The SMILES string of the molecule is CCc1cnc(C)cc1-c1cccc(C(C)(C=O)C(=O)Nc2cc(Cl)ccc2NC(=O)OC(C)(C)C)c1. The second-order valence-corrected chi connectivity index (χ2v) is 10.4. The lowest BCUT2D eigenvalue weighted by Gasteiger charge is -2.25. The molecule has 1 aromatic heterocycles. The number of rotatable bonds is 7. The number of nitrogens with one attached hydrogen (secondary N) is 2. The topological polar surface area (TPSA) is 97.4 Å². The van der Waals surface area contributed by atoms with Crippen LogP contribution in [0.2, 0.25) is 5.02 Å². The van der Waals surface area contributed by atoms with Crippen LogP contribution in [-0.2, 0) is 26.2 Å². The van der Waals surface area contributed by atoms with E-state index in [4.69, 9.17) is 16.3 Å². The molecule has 8 heteroatoms. The summed E-state index contributed by atoms with van der Waals surface area (Å²) in [6.45, 7) is 10.8. The fraction of sp³-hybridized carbons (Fsp3) is 0.310. The van der Waals surface area contributed by atoms with E-state index in [0.717, 1.165) is 28.8 Å². The fourth-order valence-electron chi connectivity index (χ4n) is 3.80. The molecule has 0 bridgehead atoms. The van der Waals surface area contributed by atoms with Crippen molar-refractivity contribution in [1.29, 1.82) is 0 Å². The van der Waals surface area contributed by atoms with Crippen molar-refractivity contribution in [3.63, 3.8) is 0 Å². The van der Waals surface area contributed by atoms with Crippen molar-refractivity contribution < 1.29 is 19.1 Å². The highest BCUT2D eigenvalue weighted by Crippen LogP contribution is 2.32. The lowest BCUT2D eigenvalue weighted by Crippen LogP contribution is -2.39. The third kappa shape index (κ3) is 6.74. The first kappa shape index (κ1) is 27.9. The molecule has 0 aliphatic heterocycles. The number of halogens is 1. The van der Waals surface area contributed by atoms with Gasteiger partial charge in [-0.05, 0) is 93.6 Å². The Balaban J connectivity index is 1.95. The molecular weight excluding hydrogens is 490 g/mol. The van der Waals surface area contributed by atoms with Crippen molar-refractivity contribution in [1.82, 2.24) is 4.98 Å². The van der Waals surface area contributed by atoms with Crippen molar-refractivity contribution >= 4 is 41.3 Å². The molecular formula is C29H32ClN3O4. The van der Waals surface area contributed by atoms with Gasteiger partial charge in [0.25, 0.3) is 0 Å². The number of ether oxygens (including phenoxy) is 1. The van der Waals surface area contributed by atoms with Crippen LogP contribution in [0.25, 0.3) is 11.1 Å². The number of aldehydes is 1. The van der Waals surface area contributed by atoms with Gasteiger partial charge in [0.1, 0.15) is 17.3 Å². The van der Waals surface area contributed by atoms with Crippen molar-refractivity contribution in [2.75, 3.05) is 10.6 Å². The number of pyridine rings is 1. The second-order valence-electron chi connectivity index (χ2n) is 10.0. The maximum absolute atomic E-state index is 13.5. The number of nitrogens with zero attached hydrogens (tertiary/aromatic N) is 1. The smallest absolute Gasteiger partial charge is 0.412 e. The van der Waals surface area contributed by atoms with Crippen LogP contribution in [0.5, 0.6) is 0 Å². The summed E-state index contributed by atoms with van der Waals surface area (Å²) >= 11 is 6.17. The van der Waals surface area contributed by atoms with Gasteiger partial charge in [-0.25, -0.2) is 4.79 Å². The summed E-state index contributed by atoms with van der Waals surface area (Å²) in [4.78, 5) is 42.6. The van der Waals surface area contributed by atoms with Gasteiger partial charge >= 0.3 is 6.09 Å². The average Bonchev–Trinajstić information content (AvgIpc) is 2.84. The van der Waals surface area contributed by atoms with E-state index in [-0.39, 0.29) is 11.4 Å². The number of carbonyl (C=O) groups is 3. The van der Waals surface area contributed by atoms with Crippen LogP contribution in [0, 0.1) is 6.92 Å². The zero-order valence-corrected chi connectivity index (χ0v) is 22.7. The molecule has 2 amide bonds. The van der Waals surface area contributed by atoms with Gasteiger partial charge in [-0.3, -0.25) is 15.1 Å². The van der Waals surface area contributed by atoms with E-state index in [1.807, 2.05) is 37.4 Å². The van der Waals surface area contributed by atoms with Gasteiger partial charge < -0.3 is 14.8 Å². The molecule has 1 atom stereocenters. The molecule has 0 saturated heterocycles. The number of benzene rings is 2. The normalized spacial score (nSPS) is 12.8. The zero-order valence-electron chi connectivity index (χ0n) is 21.9. The van der Waals surface area contributed by atoms with Crippen LogP contribution >= 0.6 is 11.6 Å². The Morgan fingerprint density at radius 2 is 1.76 bits per heavy atom. The number of aromatic nitrogens is 1. The van der Waals surface area contributed by atoms with Gasteiger partial charge in [0, 0.05) is 16.9 Å². The Bertz CT molecular complexity index is 1330. The molecule has 1 unspecified atom stereocenters. The van der Waals surface area contributed by atoms with Crippen LogP contribution in [-0.4, -0.2) is 28.9 Å². The molecule has 0 aliphatic rings. The van der Waals surface area contributed by atoms with Crippen molar-refractivity contribution in [2.24, 2.45) is 0 Å². The number of carbonyl (C=O) groups excluding carboxylic acids is 3. The van der Waals surface area contributed by atoms with E-state index in [1.54, 1.807) is 45.9 Å². The maximum Gasteiger partial charge on any atom is 0.412 e. The molecule has 0 saturated carbocycles. The first-order valence-corrected chi connectivity index (χ1v) is 12.4. The van der Waals surface area contributed by atoms with Crippen molar-refractivity contribution in [2.45, 2.75) is 59.0 Å². The molecule has 37 heavy (non-hydrogen) atoms. The van der Waals surface area contributed by atoms with E-state index < -0.39 is 23.0 Å². The summed E-state index contributed by atoms with van der Waals surface area (Å²) in [6, 6.07) is 14.0. The van der Waals surface area contributed by atoms with E-state index in [9.17, 15) is 14.4 Å². The Morgan fingerprint density at radius 1 is 1.03 bits per heavy atom. The molecule has 0 aliphatic carbocycles. The van der Waals surface area contributed by atoms with E-state index in [1.165, 1.54) is 6.07 Å². The van der Waals surface area contributed by atoms with Gasteiger partial charge in [0.2, 0.25) is 5.91 Å². The van der Waals surface area contributed by atoms with Crippen molar-refractivity contribution in [3.8, 4) is 11.1 Å². The van der Waals surface area contributed by atoms with Gasteiger partial charge in [-0.2, -0.15) is 0 Å². The monoisotopic (exact) mass is 521 g/mol. The minimum Gasteiger partial charge on any atom is -0.444 e. The fourth-order valence-corrected chi connectivity index (χ4v) is 3.97. The molecule has 0 spiro atoms. The second kappa shape index (κ2) is 11.1. The average molecular weight is 522 g/mol. The highest BCUT2D eigenvalue weighted by Gasteiger charge is 2.36. The quantitative estimate of drug-likeness (QED) is 0.266. The Labute approximate surface area is 222 Å². The van der Waals surface area contributed by atoms with Crippen LogP contribution in [0.4, 0.5) is 16.2 Å². The van der Waals surface area contributed by atoms with Crippen LogP contribution in [0.15, 0.2) is 54.7 Å². The molecule has 2 N–H and O–H groups in total. The molecule has 2 aromatic carbocycles. The number of anilines is 2. The largest absolute Gasteiger partial charge is 0.444 e. The number of amides is 2. The minimum absolute atomic E-state index is 0.241. The summed E-state index contributed by atoms with van der Waals surface area (Å²) in [5.41, 5.74) is 2.66. The van der Waals surface area contributed by atoms with Crippen molar-refractivity contribution in [3.05, 3.63) is 76.6 Å². The highest BCUT2D eigenvalue weighted by atomic mass is 35.5. The molecule has 3 rings (SSSR count). The van der Waals surface area contributed by atoms with E-state index >= 15 is 0 Å². The number of hydrogen-bond acceptors (Lipinski definition) is 5. The van der Waals surface area contributed by atoms with Gasteiger partial charge in [-0.1, -0.05) is 36.7 Å². The molecule has 3 aromatic rings. The summed E-state index contributed by atoms with van der Waals surface area (Å²) in [5.74, 6) is -0.573. The summed E-state index contributed by atoms with van der Waals surface area (Å²) < 4.78 is 5.32. The minimum atomic E-state index is -1.52. The van der Waals surface area contributed by atoms with Crippen LogP contribution in [0.3, 0.4) is 0 Å². The van der Waals surface area contributed by atoms with Crippen LogP contribution < -0.4 is 10.6 Å². The maximum atomic E-state index is 13.5. The molecule has 0 fully saturated rings. The molecule has 194 valence electrons. The van der Waals surface area contributed by atoms with Gasteiger partial charge in [0.15, 0.2) is 0 Å². The summed E-state index contributed by atoms with van der Waals surface area (Å²) in [7, 11) is 0. The van der Waals surface area contributed by atoms with Crippen LogP contribution in [0.1, 0.15) is 51.4 Å².